The van der Waals surface area contributed by atoms with Crippen LogP contribution in [0.25, 0.3) is 0 Å². The van der Waals surface area contributed by atoms with E-state index in [-0.39, 0.29) is 19.2 Å². The molecule has 0 aromatic carbocycles. The molecule has 0 bridgehead atoms. The quantitative estimate of drug-likeness (QED) is 0.136. The highest BCUT2D eigenvalue weighted by Gasteiger charge is 2.25. The van der Waals surface area contributed by atoms with E-state index in [1.807, 2.05) is 0 Å². The first-order chi connectivity index (χ1) is 13.5. The monoisotopic (exact) mass is 439 g/mol. The van der Waals surface area contributed by atoms with E-state index in [1.54, 1.807) is 0 Å². The largest absolute Gasteiger partial charge is 0.344 e. The van der Waals surface area contributed by atoms with Gasteiger partial charge in [0.1, 0.15) is 0 Å². The Morgan fingerprint density at radius 3 is 1.38 bits per heavy atom. The molecule has 1 unspecified atom stereocenters. The van der Waals surface area contributed by atoms with Gasteiger partial charge in [0, 0.05) is 0 Å². The fourth-order valence-electron chi connectivity index (χ4n) is 3.42. The van der Waals surface area contributed by atoms with Crippen molar-refractivity contribution in [2.24, 2.45) is 0 Å². The highest BCUT2D eigenvalue weighted by Crippen LogP contribution is 2.17. The van der Waals surface area contributed by atoms with Crippen LogP contribution in [0.1, 0.15) is 136 Å². The Morgan fingerprint density at radius 2 is 0.966 bits per heavy atom. The van der Waals surface area contributed by atoms with Gasteiger partial charge in [-0.05, 0) is 19.3 Å². The van der Waals surface area contributed by atoms with Crippen molar-refractivity contribution in [1.29, 1.82) is 0 Å². The number of alkyl halides is 1. The van der Waals surface area contributed by atoms with Crippen LogP contribution in [0.15, 0.2) is 0 Å². The summed E-state index contributed by atoms with van der Waals surface area (Å²) in [6.07, 6.45) is 20.6. The second kappa shape index (κ2) is 22.5. The van der Waals surface area contributed by atoms with Gasteiger partial charge in [-0.25, -0.2) is 4.39 Å². The Morgan fingerprint density at radius 1 is 0.621 bits per heavy atom. The Labute approximate surface area is 181 Å². The van der Waals surface area contributed by atoms with Gasteiger partial charge in [-0.15, -0.1) is 0 Å². The lowest BCUT2D eigenvalue weighted by Crippen LogP contribution is -2.19. The van der Waals surface area contributed by atoms with E-state index >= 15 is 0 Å². The third-order valence-electron chi connectivity index (χ3n) is 5.34. The van der Waals surface area contributed by atoms with Crippen LogP contribution in [0, 0.1) is 0 Å². The van der Waals surface area contributed by atoms with E-state index in [0.29, 0.717) is 12.8 Å². The van der Waals surface area contributed by atoms with Gasteiger partial charge in [0.05, 0.1) is 6.61 Å². The van der Waals surface area contributed by atoms with Gasteiger partial charge in [-0.3, -0.25) is 4.18 Å². The lowest BCUT2D eigenvalue weighted by atomic mass is 10.1. The lowest BCUT2D eigenvalue weighted by molar-refractivity contribution is 0.270. The molecule has 0 fully saturated rings. The predicted octanol–water partition coefficient (Wildman–Crippen LogP) is 8.24. The first-order valence-corrected chi connectivity index (χ1v) is 13.5. The third-order valence-corrected chi connectivity index (χ3v) is 6.70. The molecule has 0 aromatic rings. The minimum absolute atomic E-state index is 0. The Kier molecular flexibility index (Phi) is 24.0. The third kappa shape index (κ3) is 20.8. The van der Waals surface area contributed by atoms with Gasteiger partial charge in [-0.2, -0.15) is 8.42 Å². The van der Waals surface area contributed by atoms with Crippen LogP contribution in [-0.4, -0.2) is 20.5 Å². The van der Waals surface area contributed by atoms with Crippen LogP contribution < -0.4 is 6.15 Å². The smallest absolute Gasteiger partial charge is 0.299 e. The van der Waals surface area contributed by atoms with Crippen LogP contribution in [0.5, 0.6) is 0 Å². The van der Waals surface area contributed by atoms with Crippen LogP contribution in [0.3, 0.4) is 0 Å². The average molecular weight is 440 g/mol. The van der Waals surface area contributed by atoms with E-state index < -0.39 is 15.6 Å². The zero-order chi connectivity index (χ0) is 20.9. The molecular formula is C23H50FNO3S. The number of hydrogen-bond donors (Lipinski definition) is 1. The van der Waals surface area contributed by atoms with Crippen molar-refractivity contribution in [1.82, 2.24) is 6.15 Å². The molecule has 0 rings (SSSR count). The standard InChI is InChI=1S/C23H47FO3S.H3N/c1-3-5-7-9-11-13-15-17-19-21-23(24)28(25,26)27-22-20-18-16-14-12-10-8-6-4-2;/h23H,3-22H2,1-2H3;1H3. The van der Waals surface area contributed by atoms with Crippen molar-refractivity contribution in [2.45, 2.75) is 141 Å². The minimum atomic E-state index is -4.04. The molecule has 6 heteroatoms. The van der Waals surface area contributed by atoms with Crippen LogP contribution in [0.2, 0.25) is 0 Å². The molecule has 4 nitrogen and oxygen atoms in total. The van der Waals surface area contributed by atoms with Crippen molar-refractivity contribution < 1.29 is 17.0 Å². The molecule has 0 amide bonds. The summed E-state index contributed by atoms with van der Waals surface area (Å²) in [5.74, 6) is 0. The molecule has 0 saturated carbocycles. The second-order valence-electron chi connectivity index (χ2n) is 8.17. The molecule has 0 aromatic heterocycles. The van der Waals surface area contributed by atoms with Gasteiger partial charge in [-0.1, -0.05) is 117 Å². The molecule has 178 valence electrons. The SMILES string of the molecule is CCCCCCCCCCCOS(=O)(=O)C(F)CCCCCCCCCCC.N. The zero-order valence-electron chi connectivity index (χ0n) is 19.4. The van der Waals surface area contributed by atoms with Crippen molar-refractivity contribution in [2.75, 3.05) is 6.61 Å². The maximum absolute atomic E-state index is 14.0. The highest BCUT2D eigenvalue weighted by atomic mass is 32.2. The molecule has 0 aliphatic rings. The molecule has 0 aliphatic heterocycles. The van der Waals surface area contributed by atoms with Crippen molar-refractivity contribution in [3.63, 3.8) is 0 Å². The first kappa shape index (κ1) is 31.0. The summed E-state index contributed by atoms with van der Waals surface area (Å²) in [5.41, 5.74) is -1.87. The molecule has 29 heavy (non-hydrogen) atoms. The molecule has 1 atom stereocenters. The Hall–Kier alpha value is -0.200. The van der Waals surface area contributed by atoms with E-state index in [4.69, 9.17) is 4.18 Å². The topological polar surface area (TPSA) is 78.4 Å². The lowest BCUT2D eigenvalue weighted by Gasteiger charge is -2.10. The second-order valence-corrected chi connectivity index (χ2v) is 9.90. The molecule has 0 spiro atoms. The number of halogens is 1. The number of hydrogen-bond acceptors (Lipinski definition) is 4. The summed E-state index contributed by atoms with van der Waals surface area (Å²) < 4.78 is 42.5. The summed E-state index contributed by atoms with van der Waals surface area (Å²) in [6, 6.07) is 0. The van der Waals surface area contributed by atoms with E-state index in [9.17, 15) is 12.8 Å². The number of rotatable bonds is 22. The fourth-order valence-corrected chi connectivity index (χ4v) is 4.37. The van der Waals surface area contributed by atoms with Gasteiger partial charge >= 0.3 is 0 Å². The predicted molar refractivity (Wildman–Crippen MR) is 124 cm³/mol. The van der Waals surface area contributed by atoms with Crippen LogP contribution in [0.4, 0.5) is 4.39 Å². The van der Waals surface area contributed by atoms with Crippen molar-refractivity contribution >= 4 is 10.1 Å². The van der Waals surface area contributed by atoms with E-state index in [1.165, 1.54) is 77.0 Å². The van der Waals surface area contributed by atoms with E-state index in [2.05, 4.69) is 13.8 Å². The minimum Gasteiger partial charge on any atom is -0.344 e. The summed E-state index contributed by atoms with van der Waals surface area (Å²) in [4.78, 5) is 0. The zero-order valence-corrected chi connectivity index (χ0v) is 20.3. The van der Waals surface area contributed by atoms with Gasteiger partial charge in [0.15, 0.2) is 0 Å². The Bertz CT molecular complexity index is 418. The fraction of sp³-hybridized carbons (Fsp3) is 1.00. The van der Waals surface area contributed by atoms with Crippen LogP contribution in [-0.2, 0) is 14.3 Å². The van der Waals surface area contributed by atoms with Crippen LogP contribution >= 0.6 is 0 Å². The van der Waals surface area contributed by atoms with Crippen molar-refractivity contribution in [3.05, 3.63) is 0 Å². The van der Waals surface area contributed by atoms with Gasteiger partial charge < -0.3 is 6.15 Å². The van der Waals surface area contributed by atoms with Crippen molar-refractivity contribution in [3.8, 4) is 0 Å². The molecule has 0 heterocycles. The van der Waals surface area contributed by atoms with Gasteiger partial charge in [0.2, 0.25) is 5.50 Å². The maximum Gasteiger partial charge on any atom is 0.299 e. The summed E-state index contributed by atoms with van der Waals surface area (Å²) in [6.45, 7) is 4.55. The summed E-state index contributed by atoms with van der Waals surface area (Å²) >= 11 is 0. The molecule has 3 N–H and O–H groups in total. The maximum atomic E-state index is 14.0. The molecule has 0 radical (unpaired) electrons. The summed E-state index contributed by atoms with van der Waals surface area (Å²) in [7, 11) is -4.04. The summed E-state index contributed by atoms with van der Waals surface area (Å²) in [5, 5.41) is 0. The first-order valence-electron chi connectivity index (χ1n) is 12.1. The Balaban J connectivity index is 0. The molecule has 0 aliphatic carbocycles. The highest BCUT2D eigenvalue weighted by molar-refractivity contribution is 7.87. The van der Waals surface area contributed by atoms with E-state index in [0.717, 1.165) is 25.7 Å². The number of unbranched alkanes of at least 4 members (excludes halogenated alkanes) is 16. The normalized spacial score (nSPS) is 12.7. The molecular weight excluding hydrogens is 389 g/mol. The van der Waals surface area contributed by atoms with Gasteiger partial charge in [0.25, 0.3) is 10.1 Å². The molecule has 0 saturated heterocycles. The average Bonchev–Trinajstić information content (AvgIpc) is 2.68.